The highest BCUT2D eigenvalue weighted by atomic mass is 32.2. The molecule has 0 spiro atoms. The molecule has 0 saturated heterocycles. The highest BCUT2D eigenvalue weighted by molar-refractivity contribution is 7.92. The van der Waals surface area contributed by atoms with E-state index < -0.39 is 21.1 Å². The molecule has 5 heteroatoms. The molecule has 1 N–H and O–H groups in total. The van der Waals surface area contributed by atoms with Gasteiger partial charge in [0.15, 0.2) is 15.1 Å². The monoisotopic (exact) mass is 240 g/mol. The van der Waals surface area contributed by atoms with E-state index in [2.05, 4.69) is 6.58 Å². The number of carboxylic acids is 1. The molecule has 0 aliphatic rings. The third-order valence-electron chi connectivity index (χ3n) is 2.26. The molecule has 0 heterocycles. The zero-order valence-corrected chi connectivity index (χ0v) is 9.57. The van der Waals surface area contributed by atoms with Gasteiger partial charge in [-0.2, -0.15) is 0 Å². The van der Waals surface area contributed by atoms with Crippen LogP contribution in [0.4, 0.5) is 0 Å². The molecule has 1 rings (SSSR count). The smallest absolute Gasteiger partial charge is 0.321 e. The van der Waals surface area contributed by atoms with Crippen LogP contribution in [0, 0.1) is 0 Å². The van der Waals surface area contributed by atoms with Gasteiger partial charge in [-0.3, -0.25) is 4.79 Å². The Morgan fingerprint density at radius 2 is 1.88 bits per heavy atom. The van der Waals surface area contributed by atoms with Crippen LogP contribution in [0.15, 0.2) is 35.7 Å². The summed E-state index contributed by atoms with van der Waals surface area (Å²) in [6.45, 7) is 4.69. The maximum atomic E-state index is 11.8. The number of carbonyl (C=O) groups is 1. The summed E-state index contributed by atoms with van der Waals surface area (Å²) in [6.07, 6.45) is 1.58. The van der Waals surface area contributed by atoms with Crippen molar-refractivity contribution in [3.05, 3.63) is 36.4 Å². The second-order valence-corrected chi connectivity index (χ2v) is 5.57. The van der Waals surface area contributed by atoms with Crippen molar-refractivity contribution >= 4 is 21.9 Å². The van der Waals surface area contributed by atoms with Crippen LogP contribution in [-0.4, -0.2) is 24.7 Å². The van der Waals surface area contributed by atoms with Crippen LogP contribution in [0.2, 0.25) is 0 Å². The summed E-state index contributed by atoms with van der Waals surface area (Å²) in [5.74, 6) is -1.35. The average molecular weight is 240 g/mol. The minimum absolute atomic E-state index is 0.00741. The lowest BCUT2D eigenvalue weighted by atomic mass is 10.2. The molecule has 1 unspecified atom stereocenters. The van der Waals surface area contributed by atoms with Gasteiger partial charge in [0.2, 0.25) is 0 Å². The zero-order valence-electron chi connectivity index (χ0n) is 8.75. The zero-order chi connectivity index (χ0) is 12.3. The van der Waals surface area contributed by atoms with E-state index in [0.717, 1.165) is 12.5 Å². The Kier molecular flexibility index (Phi) is 3.49. The molecule has 0 fully saturated rings. The topological polar surface area (TPSA) is 71.4 Å². The number of carboxylic acid groups (broad SMARTS) is 1. The largest absolute Gasteiger partial charge is 0.480 e. The van der Waals surface area contributed by atoms with Crippen molar-refractivity contribution in [3.63, 3.8) is 0 Å². The molecule has 0 saturated carbocycles. The second-order valence-electron chi connectivity index (χ2n) is 3.30. The van der Waals surface area contributed by atoms with Crippen molar-refractivity contribution in [1.29, 1.82) is 0 Å². The first-order valence-corrected chi connectivity index (χ1v) is 6.13. The van der Waals surface area contributed by atoms with E-state index in [1.54, 1.807) is 18.2 Å². The molecule has 86 valence electrons. The first kappa shape index (κ1) is 12.4. The Balaban J connectivity index is 3.17. The summed E-state index contributed by atoms with van der Waals surface area (Å²) in [5.41, 5.74) is 0.780. The fourth-order valence-corrected chi connectivity index (χ4v) is 2.32. The van der Waals surface area contributed by atoms with Gasteiger partial charge in [-0.1, -0.05) is 24.8 Å². The molecule has 0 aliphatic heterocycles. The molecular weight excluding hydrogens is 228 g/mol. The molecule has 4 nitrogen and oxygen atoms in total. The van der Waals surface area contributed by atoms with Gasteiger partial charge in [0.25, 0.3) is 0 Å². The number of hydrogen-bond acceptors (Lipinski definition) is 3. The fourth-order valence-electron chi connectivity index (χ4n) is 1.13. The molecule has 0 aliphatic carbocycles. The molecule has 1 aromatic carbocycles. The Morgan fingerprint density at radius 3 is 2.25 bits per heavy atom. The Bertz CT molecular complexity index is 499. The lowest BCUT2D eigenvalue weighted by Gasteiger charge is -2.08. The Hall–Kier alpha value is -1.62. The molecule has 0 bridgehead atoms. The summed E-state index contributed by atoms with van der Waals surface area (Å²) in [7, 11) is -3.80. The van der Waals surface area contributed by atoms with Gasteiger partial charge in [0, 0.05) is 0 Å². The summed E-state index contributed by atoms with van der Waals surface area (Å²) in [6, 6.07) is 5.92. The van der Waals surface area contributed by atoms with E-state index >= 15 is 0 Å². The van der Waals surface area contributed by atoms with Crippen LogP contribution in [0.25, 0.3) is 6.08 Å². The number of aliphatic carboxylic acids is 1. The minimum Gasteiger partial charge on any atom is -0.480 e. The SMILES string of the molecule is C=Cc1ccc(S(=O)(=O)C(C)C(=O)O)cc1. The highest BCUT2D eigenvalue weighted by Crippen LogP contribution is 2.17. The number of sulfone groups is 1. The second kappa shape index (κ2) is 4.49. The van der Waals surface area contributed by atoms with Crippen LogP contribution in [0.3, 0.4) is 0 Å². The summed E-state index contributed by atoms with van der Waals surface area (Å²) < 4.78 is 23.5. The van der Waals surface area contributed by atoms with E-state index in [1.165, 1.54) is 12.1 Å². The van der Waals surface area contributed by atoms with Crippen molar-refractivity contribution in [2.75, 3.05) is 0 Å². The van der Waals surface area contributed by atoms with E-state index in [-0.39, 0.29) is 4.90 Å². The summed E-state index contributed by atoms with van der Waals surface area (Å²) >= 11 is 0. The van der Waals surface area contributed by atoms with E-state index in [0.29, 0.717) is 0 Å². The molecule has 16 heavy (non-hydrogen) atoms. The van der Waals surface area contributed by atoms with Gasteiger partial charge in [-0.25, -0.2) is 8.42 Å². The lowest BCUT2D eigenvalue weighted by molar-refractivity contribution is -0.136. The minimum atomic E-state index is -3.80. The predicted molar refractivity (Wildman–Crippen MR) is 60.8 cm³/mol. The molecule has 1 aromatic rings. The maximum absolute atomic E-state index is 11.8. The first-order valence-electron chi connectivity index (χ1n) is 4.59. The van der Waals surface area contributed by atoms with Crippen LogP contribution in [0.5, 0.6) is 0 Å². The van der Waals surface area contributed by atoms with Gasteiger partial charge in [0.1, 0.15) is 0 Å². The predicted octanol–water partition coefficient (Wildman–Crippen LogP) is 1.58. The van der Waals surface area contributed by atoms with Gasteiger partial charge >= 0.3 is 5.97 Å². The van der Waals surface area contributed by atoms with Gasteiger partial charge < -0.3 is 5.11 Å². The van der Waals surface area contributed by atoms with Gasteiger partial charge in [0.05, 0.1) is 4.90 Å². The van der Waals surface area contributed by atoms with Crippen molar-refractivity contribution in [2.45, 2.75) is 17.1 Å². The van der Waals surface area contributed by atoms with Crippen molar-refractivity contribution in [1.82, 2.24) is 0 Å². The van der Waals surface area contributed by atoms with Crippen LogP contribution < -0.4 is 0 Å². The fraction of sp³-hybridized carbons (Fsp3) is 0.182. The van der Waals surface area contributed by atoms with Crippen LogP contribution in [0.1, 0.15) is 12.5 Å². The molecule has 0 aromatic heterocycles. The summed E-state index contributed by atoms with van der Waals surface area (Å²) in [4.78, 5) is 10.7. The molecule has 1 atom stereocenters. The van der Waals surface area contributed by atoms with Crippen LogP contribution in [-0.2, 0) is 14.6 Å². The summed E-state index contributed by atoms with van der Waals surface area (Å²) in [5, 5.41) is 7.24. The number of hydrogen-bond donors (Lipinski definition) is 1. The number of rotatable bonds is 4. The van der Waals surface area contributed by atoms with E-state index in [4.69, 9.17) is 5.11 Å². The lowest BCUT2D eigenvalue weighted by Crippen LogP contribution is -2.26. The molecule has 0 radical (unpaired) electrons. The standard InChI is InChI=1S/C11H12O4S/c1-3-9-4-6-10(7-5-9)16(14,15)8(2)11(12)13/h3-8H,1H2,2H3,(H,12,13). The highest BCUT2D eigenvalue weighted by Gasteiger charge is 2.29. The molecule has 0 amide bonds. The van der Waals surface area contributed by atoms with Gasteiger partial charge in [-0.15, -0.1) is 0 Å². The Morgan fingerprint density at radius 1 is 1.38 bits per heavy atom. The van der Waals surface area contributed by atoms with E-state index in [9.17, 15) is 13.2 Å². The Labute approximate surface area is 94.1 Å². The maximum Gasteiger partial charge on any atom is 0.321 e. The molecular formula is C11H12O4S. The van der Waals surface area contributed by atoms with Gasteiger partial charge in [-0.05, 0) is 24.6 Å². The third-order valence-corrected chi connectivity index (χ3v) is 4.32. The average Bonchev–Trinajstić information content (AvgIpc) is 2.28. The van der Waals surface area contributed by atoms with Crippen molar-refractivity contribution < 1.29 is 18.3 Å². The number of benzene rings is 1. The quantitative estimate of drug-likeness (QED) is 0.867. The van der Waals surface area contributed by atoms with E-state index in [1.807, 2.05) is 0 Å². The van der Waals surface area contributed by atoms with Crippen molar-refractivity contribution in [2.24, 2.45) is 0 Å². The van der Waals surface area contributed by atoms with Crippen LogP contribution >= 0.6 is 0 Å². The normalized spacial score (nSPS) is 13.1. The third kappa shape index (κ3) is 2.30. The van der Waals surface area contributed by atoms with Crippen molar-refractivity contribution in [3.8, 4) is 0 Å². The first-order chi connectivity index (χ1) is 7.39.